The van der Waals surface area contributed by atoms with E-state index in [1.807, 2.05) is 6.92 Å². The second-order valence-corrected chi connectivity index (χ2v) is 9.75. The Labute approximate surface area is 172 Å². The molecule has 0 saturated heterocycles. The van der Waals surface area contributed by atoms with Crippen LogP contribution in [-0.2, 0) is 24.1 Å². The molecule has 166 valence electrons. The molecule has 0 aliphatic carbocycles. The quantitative estimate of drug-likeness (QED) is 0.187. The molecule has 0 radical (unpaired) electrons. The number of unbranched alkanes of at least 4 members (excludes halogenated alkanes) is 2. The minimum absolute atomic E-state index is 0.0133. The molecule has 0 aliphatic rings. The third-order valence-electron chi connectivity index (χ3n) is 4.74. The Hall–Kier alpha value is -0.820. The van der Waals surface area contributed by atoms with Crippen LogP contribution in [0.4, 0.5) is 0 Å². The maximum atomic E-state index is 12.4. The Morgan fingerprint density at radius 2 is 1.54 bits per heavy atom. The van der Waals surface area contributed by atoms with Crippen molar-refractivity contribution in [3.63, 3.8) is 0 Å². The van der Waals surface area contributed by atoms with Gasteiger partial charge in [-0.1, -0.05) is 27.2 Å². The second kappa shape index (κ2) is 12.0. The summed E-state index contributed by atoms with van der Waals surface area (Å²) in [5, 5.41) is 3.24. The molecule has 1 N–H and O–H groups in total. The standard InChI is InChI=1S/C22H43NO5/c1-17(24)21(6,7)26-16-12-10-11-13-19(25)22(8,9)28-27-18(2)23-15-14-20(3,4)5/h18,23H,10-16H2,1-9H3. The van der Waals surface area contributed by atoms with Crippen molar-refractivity contribution in [2.75, 3.05) is 13.2 Å². The monoisotopic (exact) mass is 401 g/mol. The van der Waals surface area contributed by atoms with Gasteiger partial charge in [0, 0.05) is 13.0 Å². The van der Waals surface area contributed by atoms with Gasteiger partial charge in [-0.05, 0) is 72.8 Å². The highest BCUT2D eigenvalue weighted by Crippen LogP contribution is 2.19. The first kappa shape index (κ1) is 27.2. The minimum atomic E-state index is -0.979. The number of ketones is 2. The van der Waals surface area contributed by atoms with Crippen molar-refractivity contribution in [2.24, 2.45) is 5.41 Å². The molecule has 0 aromatic rings. The summed E-state index contributed by atoms with van der Waals surface area (Å²) in [5.41, 5.74) is -1.45. The van der Waals surface area contributed by atoms with Gasteiger partial charge in [-0.15, -0.1) is 0 Å². The van der Waals surface area contributed by atoms with E-state index < -0.39 is 11.2 Å². The van der Waals surface area contributed by atoms with Crippen LogP contribution in [0.5, 0.6) is 0 Å². The van der Waals surface area contributed by atoms with Gasteiger partial charge >= 0.3 is 0 Å². The second-order valence-electron chi connectivity index (χ2n) is 9.75. The summed E-state index contributed by atoms with van der Waals surface area (Å²) in [6.07, 6.45) is 3.61. The first-order valence-electron chi connectivity index (χ1n) is 10.4. The van der Waals surface area contributed by atoms with Gasteiger partial charge in [0.2, 0.25) is 0 Å². The number of rotatable bonds is 15. The number of hydrogen-bond acceptors (Lipinski definition) is 6. The Morgan fingerprint density at radius 1 is 0.929 bits per heavy atom. The number of carbonyl (C=O) groups is 2. The molecule has 0 fully saturated rings. The fraction of sp³-hybridized carbons (Fsp3) is 0.909. The van der Waals surface area contributed by atoms with E-state index in [0.29, 0.717) is 13.0 Å². The SMILES string of the molecule is CC(=O)C(C)(C)OCCCCCC(=O)C(C)(C)OOC(C)NCCC(C)(C)C. The van der Waals surface area contributed by atoms with Gasteiger partial charge < -0.3 is 4.74 Å². The molecule has 0 saturated carbocycles. The smallest absolute Gasteiger partial charge is 0.167 e. The number of carbonyl (C=O) groups excluding carboxylic acids is 2. The first-order chi connectivity index (χ1) is 12.7. The van der Waals surface area contributed by atoms with E-state index >= 15 is 0 Å². The summed E-state index contributed by atoms with van der Waals surface area (Å²) in [7, 11) is 0. The van der Waals surface area contributed by atoms with Crippen LogP contribution >= 0.6 is 0 Å². The lowest BCUT2D eigenvalue weighted by molar-refractivity contribution is -0.368. The predicted molar refractivity (Wildman–Crippen MR) is 112 cm³/mol. The van der Waals surface area contributed by atoms with E-state index in [0.717, 1.165) is 32.2 Å². The minimum Gasteiger partial charge on any atom is -0.368 e. The molecule has 1 unspecified atom stereocenters. The molecule has 0 bridgehead atoms. The lowest BCUT2D eigenvalue weighted by atomic mass is 9.92. The normalized spacial score (nSPS) is 14.2. The Kier molecular flexibility index (Phi) is 11.7. The van der Waals surface area contributed by atoms with Crippen LogP contribution in [0.15, 0.2) is 0 Å². The third-order valence-corrected chi connectivity index (χ3v) is 4.74. The van der Waals surface area contributed by atoms with Crippen molar-refractivity contribution in [2.45, 2.75) is 112 Å². The largest absolute Gasteiger partial charge is 0.368 e. The molecule has 6 nitrogen and oxygen atoms in total. The van der Waals surface area contributed by atoms with Gasteiger partial charge in [0.05, 0.1) is 0 Å². The van der Waals surface area contributed by atoms with Crippen molar-refractivity contribution in [1.29, 1.82) is 0 Å². The summed E-state index contributed by atoms with van der Waals surface area (Å²) in [6.45, 7) is 18.3. The zero-order chi connectivity index (χ0) is 22.0. The number of nitrogens with one attached hydrogen (secondary N) is 1. The highest BCUT2D eigenvalue weighted by Gasteiger charge is 2.30. The average molecular weight is 402 g/mol. The Balaban J connectivity index is 4.00. The van der Waals surface area contributed by atoms with Crippen LogP contribution in [-0.4, -0.2) is 42.1 Å². The summed E-state index contributed by atoms with van der Waals surface area (Å²) in [4.78, 5) is 34.6. The average Bonchev–Trinajstić information content (AvgIpc) is 2.54. The van der Waals surface area contributed by atoms with Crippen molar-refractivity contribution < 1.29 is 24.1 Å². The van der Waals surface area contributed by atoms with Crippen LogP contribution in [0.2, 0.25) is 0 Å². The molecule has 0 spiro atoms. The lowest BCUT2D eigenvalue weighted by Crippen LogP contribution is -2.39. The molecular weight excluding hydrogens is 358 g/mol. The molecule has 0 amide bonds. The molecule has 28 heavy (non-hydrogen) atoms. The van der Waals surface area contributed by atoms with Crippen molar-refractivity contribution in [3.8, 4) is 0 Å². The third kappa shape index (κ3) is 12.6. The van der Waals surface area contributed by atoms with E-state index in [-0.39, 0.29) is 23.2 Å². The van der Waals surface area contributed by atoms with Crippen molar-refractivity contribution in [1.82, 2.24) is 5.32 Å². The maximum Gasteiger partial charge on any atom is 0.167 e. The summed E-state index contributed by atoms with van der Waals surface area (Å²) in [6, 6.07) is 0. The molecule has 0 aromatic heterocycles. The van der Waals surface area contributed by atoms with E-state index in [4.69, 9.17) is 14.5 Å². The first-order valence-corrected chi connectivity index (χ1v) is 10.4. The van der Waals surface area contributed by atoms with Crippen LogP contribution in [0.25, 0.3) is 0 Å². The topological polar surface area (TPSA) is 73.9 Å². The van der Waals surface area contributed by atoms with Crippen molar-refractivity contribution in [3.05, 3.63) is 0 Å². The van der Waals surface area contributed by atoms with E-state index in [2.05, 4.69) is 26.1 Å². The molecule has 0 aromatic carbocycles. The molecule has 0 rings (SSSR count). The molecule has 0 heterocycles. The molecule has 0 aliphatic heterocycles. The van der Waals surface area contributed by atoms with Gasteiger partial charge in [0.1, 0.15) is 11.8 Å². The Morgan fingerprint density at radius 3 is 2.07 bits per heavy atom. The van der Waals surface area contributed by atoms with E-state index in [1.165, 1.54) is 6.92 Å². The number of hydrogen-bond donors (Lipinski definition) is 1. The van der Waals surface area contributed by atoms with Gasteiger partial charge in [0.25, 0.3) is 0 Å². The predicted octanol–water partition coefficient (Wildman–Crippen LogP) is 4.60. The summed E-state index contributed by atoms with van der Waals surface area (Å²) in [5.74, 6) is 0.0306. The molecular formula is C22H43NO5. The fourth-order valence-electron chi connectivity index (χ4n) is 2.22. The molecule has 1 atom stereocenters. The number of Topliss-reactive ketones (excluding diaryl/α,β-unsaturated/α-hetero) is 2. The highest BCUT2D eigenvalue weighted by atomic mass is 17.2. The van der Waals surface area contributed by atoms with Crippen LogP contribution in [0.1, 0.15) is 94.4 Å². The van der Waals surface area contributed by atoms with Gasteiger partial charge in [-0.25, -0.2) is 9.78 Å². The molecule has 6 heteroatoms. The zero-order valence-corrected chi connectivity index (χ0v) is 19.6. The van der Waals surface area contributed by atoms with Gasteiger partial charge in [-0.3, -0.25) is 14.9 Å². The zero-order valence-electron chi connectivity index (χ0n) is 19.6. The fourth-order valence-corrected chi connectivity index (χ4v) is 2.22. The summed E-state index contributed by atoms with van der Waals surface area (Å²) >= 11 is 0. The van der Waals surface area contributed by atoms with Crippen molar-refractivity contribution >= 4 is 11.6 Å². The number of ether oxygens (including phenoxy) is 1. The maximum absolute atomic E-state index is 12.4. The van der Waals surface area contributed by atoms with E-state index in [1.54, 1.807) is 27.7 Å². The summed E-state index contributed by atoms with van der Waals surface area (Å²) < 4.78 is 5.60. The van der Waals surface area contributed by atoms with E-state index in [9.17, 15) is 9.59 Å². The Bertz CT molecular complexity index is 480. The lowest BCUT2D eigenvalue weighted by Gasteiger charge is -2.25. The highest BCUT2D eigenvalue weighted by molar-refractivity contribution is 5.86. The van der Waals surface area contributed by atoms with Crippen LogP contribution in [0, 0.1) is 5.41 Å². The van der Waals surface area contributed by atoms with Crippen LogP contribution < -0.4 is 5.32 Å². The van der Waals surface area contributed by atoms with Gasteiger partial charge in [0.15, 0.2) is 17.2 Å². The van der Waals surface area contributed by atoms with Gasteiger partial charge in [-0.2, -0.15) is 0 Å². The van der Waals surface area contributed by atoms with Crippen LogP contribution in [0.3, 0.4) is 0 Å².